The third-order valence-corrected chi connectivity index (χ3v) is 3.95. The molecule has 0 unspecified atom stereocenters. The number of nitrogens with zero attached hydrogens (tertiary/aromatic N) is 1. The number of hydrogen-bond donors (Lipinski definition) is 1. The second-order valence-electron chi connectivity index (χ2n) is 4.23. The van der Waals surface area contributed by atoms with E-state index in [1.54, 1.807) is 11.3 Å². The molecule has 0 aliphatic carbocycles. The lowest BCUT2D eigenvalue weighted by molar-refractivity contribution is 0.282. The van der Waals surface area contributed by atoms with Gasteiger partial charge in [-0.15, -0.1) is 11.3 Å². The summed E-state index contributed by atoms with van der Waals surface area (Å²) in [7, 11) is 0. The Morgan fingerprint density at radius 3 is 2.83 bits per heavy atom. The summed E-state index contributed by atoms with van der Waals surface area (Å²) in [6, 6.07) is 14.2. The minimum absolute atomic E-state index is 0.0598. The topological polar surface area (TPSA) is 33.1 Å². The smallest absolute Gasteiger partial charge is 0.0907 e. The third-order valence-electron chi connectivity index (χ3n) is 2.99. The summed E-state index contributed by atoms with van der Waals surface area (Å²) in [5.41, 5.74) is 4.16. The molecule has 0 saturated carbocycles. The Morgan fingerprint density at radius 2 is 2.00 bits per heavy atom. The first-order valence-electron chi connectivity index (χ1n) is 5.84. The zero-order valence-corrected chi connectivity index (χ0v) is 10.9. The molecule has 18 heavy (non-hydrogen) atoms. The minimum atomic E-state index is 0.0598. The highest BCUT2D eigenvalue weighted by Gasteiger charge is 2.06. The van der Waals surface area contributed by atoms with Crippen molar-refractivity contribution >= 4 is 21.6 Å². The van der Waals surface area contributed by atoms with Crippen molar-refractivity contribution in [2.24, 2.45) is 0 Å². The second kappa shape index (κ2) is 4.52. The Bertz CT molecular complexity index is 703. The number of fused-ring (bicyclic) bond motifs is 1. The van der Waals surface area contributed by atoms with Crippen LogP contribution >= 0.6 is 11.3 Å². The normalized spacial score (nSPS) is 11.0. The van der Waals surface area contributed by atoms with E-state index in [-0.39, 0.29) is 6.61 Å². The number of rotatable bonds is 2. The molecule has 0 bridgehead atoms. The number of thiazole rings is 1. The number of aliphatic hydroxyl groups excluding tert-OH is 1. The van der Waals surface area contributed by atoms with E-state index >= 15 is 0 Å². The van der Waals surface area contributed by atoms with Crippen LogP contribution in [-0.2, 0) is 6.61 Å². The van der Waals surface area contributed by atoms with Crippen molar-refractivity contribution in [3.8, 4) is 11.1 Å². The summed E-state index contributed by atoms with van der Waals surface area (Å²) in [5.74, 6) is 0. The lowest BCUT2D eigenvalue weighted by atomic mass is 10.00. The van der Waals surface area contributed by atoms with Crippen molar-refractivity contribution in [3.05, 3.63) is 53.0 Å². The maximum absolute atomic E-state index is 9.38. The first kappa shape index (κ1) is 11.4. The van der Waals surface area contributed by atoms with E-state index in [1.807, 2.05) is 31.2 Å². The molecule has 0 aliphatic rings. The highest BCUT2D eigenvalue weighted by molar-refractivity contribution is 7.18. The van der Waals surface area contributed by atoms with E-state index in [1.165, 1.54) is 4.70 Å². The van der Waals surface area contributed by atoms with Crippen molar-refractivity contribution in [2.45, 2.75) is 13.5 Å². The summed E-state index contributed by atoms with van der Waals surface area (Å²) in [5, 5.41) is 10.5. The summed E-state index contributed by atoms with van der Waals surface area (Å²) in [6.07, 6.45) is 0. The van der Waals surface area contributed by atoms with Crippen molar-refractivity contribution < 1.29 is 5.11 Å². The monoisotopic (exact) mass is 255 g/mol. The first-order chi connectivity index (χ1) is 8.78. The molecule has 0 saturated heterocycles. The maximum atomic E-state index is 9.38. The van der Waals surface area contributed by atoms with Crippen LogP contribution in [0.25, 0.3) is 21.3 Å². The van der Waals surface area contributed by atoms with Crippen LogP contribution in [0.2, 0.25) is 0 Å². The van der Waals surface area contributed by atoms with E-state index in [2.05, 4.69) is 23.2 Å². The Labute approximate surface area is 110 Å². The SMILES string of the molecule is Cc1nc2cc(-c3ccccc3CO)ccc2s1. The van der Waals surface area contributed by atoms with Gasteiger partial charge in [-0.05, 0) is 35.7 Å². The molecule has 3 rings (SSSR count). The van der Waals surface area contributed by atoms with E-state index in [0.29, 0.717) is 0 Å². The van der Waals surface area contributed by atoms with E-state index in [0.717, 1.165) is 27.2 Å². The predicted molar refractivity (Wildman–Crippen MR) is 75.7 cm³/mol. The molecule has 3 heteroatoms. The molecular weight excluding hydrogens is 242 g/mol. The molecule has 0 radical (unpaired) electrons. The van der Waals surface area contributed by atoms with Crippen molar-refractivity contribution in [3.63, 3.8) is 0 Å². The number of benzene rings is 2. The summed E-state index contributed by atoms with van der Waals surface area (Å²) >= 11 is 1.71. The van der Waals surface area contributed by atoms with Gasteiger partial charge in [0, 0.05) is 0 Å². The van der Waals surface area contributed by atoms with Crippen LogP contribution in [0.5, 0.6) is 0 Å². The van der Waals surface area contributed by atoms with Crippen LogP contribution in [0.3, 0.4) is 0 Å². The molecule has 1 N–H and O–H groups in total. The molecule has 1 heterocycles. The minimum Gasteiger partial charge on any atom is -0.392 e. The first-order valence-corrected chi connectivity index (χ1v) is 6.66. The van der Waals surface area contributed by atoms with Gasteiger partial charge in [0.15, 0.2) is 0 Å². The van der Waals surface area contributed by atoms with Crippen LogP contribution in [0.15, 0.2) is 42.5 Å². The Morgan fingerprint density at radius 1 is 1.17 bits per heavy atom. The molecule has 3 aromatic rings. The number of aliphatic hydroxyl groups is 1. The van der Waals surface area contributed by atoms with Crippen LogP contribution in [0.4, 0.5) is 0 Å². The number of aromatic nitrogens is 1. The van der Waals surface area contributed by atoms with Gasteiger partial charge in [-0.1, -0.05) is 30.3 Å². The molecule has 0 amide bonds. The zero-order chi connectivity index (χ0) is 12.5. The van der Waals surface area contributed by atoms with Crippen LogP contribution in [0.1, 0.15) is 10.6 Å². The van der Waals surface area contributed by atoms with Gasteiger partial charge in [-0.2, -0.15) is 0 Å². The fraction of sp³-hybridized carbons (Fsp3) is 0.133. The molecule has 2 aromatic carbocycles. The lowest BCUT2D eigenvalue weighted by Crippen LogP contribution is -1.88. The van der Waals surface area contributed by atoms with E-state index in [9.17, 15) is 5.11 Å². The fourth-order valence-electron chi connectivity index (χ4n) is 2.15. The molecule has 0 atom stereocenters. The standard InChI is InChI=1S/C15H13NOS/c1-10-16-14-8-11(6-7-15(14)18-10)13-5-3-2-4-12(13)9-17/h2-8,17H,9H2,1H3. The fourth-order valence-corrected chi connectivity index (χ4v) is 2.96. The van der Waals surface area contributed by atoms with Crippen LogP contribution < -0.4 is 0 Å². The Hall–Kier alpha value is -1.71. The summed E-state index contributed by atoms with van der Waals surface area (Å²) in [4.78, 5) is 4.51. The molecule has 0 spiro atoms. The average molecular weight is 255 g/mol. The predicted octanol–water partition coefficient (Wildman–Crippen LogP) is 3.76. The van der Waals surface area contributed by atoms with Gasteiger partial charge in [0.2, 0.25) is 0 Å². The van der Waals surface area contributed by atoms with E-state index in [4.69, 9.17) is 0 Å². The van der Waals surface area contributed by atoms with Gasteiger partial charge < -0.3 is 5.11 Å². The van der Waals surface area contributed by atoms with Gasteiger partial charge >= 0.3 is 0 Å². The zero-order valence-electron chi connectivity index (χ0n) is 10.1. The quantitative estimate of drug-likeness (QED) is 0.756. The molecule has 0 fully saturated rings. The number of hydrogen-bond acceptors (Lipinski definition) is 3. The Balaban J connectivity index is 2.18. The maximum Gasteiger partial charge on any atom is 0.0907 e. The van der Waals surface area contributed by atoms with Gasteiger partial charge in [0.05, 0.1) is 21.8 Å². The third kappa shape index (κ3) is 1.92. The second-order valence-corrected chi connectivity index (χ2v) is 5.47. The van der Waals surface area contributed by atoms with Gasteiger partial charge in [0.1, 0.15) is 0 Å². The average Bonchev–Trinajstić information content (AvgIpc) is 2.77. The molecule has 0 aliphatic heterocycles. The van der Waals surface area contributed by atoms with Gasteiger partial charge in [0.25, 0.3) is 0 Å². The van der Waals surface area contributed by atoms with Crippen LogP contribution in [0, 0.1) is 6.92 Å². The van der Waals surface area contributed by atoms with Gasteiger partial charge in [-0.25, -0.2) is 4.98 Å². The van der Waals surface area contributed by atoms with Crippen molar-refractivity contribution in [2.75, 3.05) is 0 Å². The highest BCUT2D eigenvalue weighted by Crippen LogP contribution is 2.29. The lowest BCUT2D eigenvalue weighted by Gasteiger charge is -2.07. The van der Waals surface area contributed by atoms with E-state index < -0.39 is 0 Å². The Kier molecular flexibility index (Phi) is 2.86. The molecule has 1 aromatic heterocycles. The molecule has 2 nitrogen and oxygen atoms in total. The largest absolute Gasteiger partial charge is 0.392 e. The number of aryl methyl sites for hydroxylation is 1. The summed E-state index contributed by atoms with van der Waals surface area (Å²) < 4.78 is 1.21. The van der Waals surface area contributed by atoms with Crippen LogP contribution in [-0.4, -0.2) is 10.1 Å². The molecular formula is C15H13NOS. The van der Waals surface area contributed by atoms with Crippen molar-refractivity contribution in [1.29, 1.82) is 0 Å². The molecule has 90 valence electrons. The van der Waals surface area contributed by atoms with Crippen molar-refractivity contribution in [1.82, 2.24) is 4.98 Å². The van der Waals surface area contributed by atoms with Gasteiger partial charge in [-0.3, -0.25) is 0 Å². The summed E-state index contributed by atoms with van der Waals surface area (Å²) in [6.45, 7) is 2.08. The highest BCUT2D eigenvalue weighted by atomic mass is 32.1.